The Morgan fingerprint density at radius 3 is 2.73 bits per heavy atom. The number of nitrogens with two attached hydrogens (primary N) is 1. The van der Waals surface area contributed by atoms with Crippen LogP contribution < -0.4 is 11.4 Å². The SMILES string of the molecule is Nc1ccn([C@]2(c3ccco3)O[C@H](CO)[C@@H](O)[C@H]2O)c(=O)n1. The Morgan fingerprint density at radius 2 is 2.18 bits per heavy atom. The first-order valence-corrected chi connectivity index (χ1v) is 6.55. The molecule has 118 valence electrons. The molecule has 1 aliphatic heterocycles. The van der Waals surface area contributed by atoms with E-state index in [1.807, 2.05) is 0 Å². The number of aromatic nitrogens is 2. The van der Waals surface area contributed by atoms with Crippen LogP contribution >= 0.6 is 0 Å². The van der Waals surface area contributed by atoms with Crippen LogP contribution in [-0.4, -0.2) is 49.8 Å². The van der Waals surface area contributed by atoms with Gasteiger partial charge >= 0.3 is 5.69 Å². The molecule has 3 heterocycles. The summed E-state index contributed by atoms with van der Waals surface area (Å²) in [6.45, 7) is -0.544. The lowest BCUT2D eigenvalue weighted by Gasteiger charge is -2.31. The molecule has 0 bridgehead atoms. The third-order valence-electron chi connectivity index (χ3n) is 3.67. The molecule has 1 fully saturated rings. The van der Waals surface area contributed by atoms with Gasteiger partial charge < -0.3 is 30.2 Å². The number of anilines is 1. The predicted octanol–water partition coefficient (Wildman–Crippen LogP) is -1.77. The first-order valence-electron chi connectivity index (χ1n) is 6.55. The summed E-state index contributed by atoms with van der Waals surface area (Å²) < 4.78 is 11.9. The fourth-order valence-corrected chi connectivity index (χ4v) is 2.62. The molecule has 9 nitrogen and oxygen atoms in total. The standard InChI is InChI=1S/C13H15N3O6/c14-9-3-4-16(12(20)15-9)13(8-2-1-5-21-8)11(19)10(18)7(6-17)22-13/h1-5,7,10-11,17-19H,6H2,(H2,14,15,20)/t7-,10-,11-,13-/m1/s1. The van der Waals surface area contributed by atoms with E-state index in [-0.39, 0.29) is 11.6 Å². The molecular weight excluding hydrogens is 294 g/mol. The van der Waals surface area contributed by atoms with Crippen molar-refractivity contribution in [2.75, 3.05) is 12.3 Å². The highest BCUT2D eigenvalue weighted by atomic mass is 16.6. The third kappa shape index (κ3) is 1.95. The van der Waals surface area contributed by atoms with Crippen LogP contribution in [0.1, 0.15) is 5.76 Å². The van der Waals surface area contributed by atoms with Gasteiger partial charge in [0.1, 0.15) is 24.1 Å². The lowest BCUT2D eigenvalue weighted by atomic mass is 10.00. The van der Waals surface area contributed by atoms with Crippen molar-refractivity contribution in [3.05, 3.63) is 46.9 Å². The maximum atomic E-state index is 12.2. The number of nitrogen functional groups attached to an aromatic ring is 1. The summed E-state index contributed by atoms with van der Waals surface area (Å²) in [7, 11) is 0. The highest BCUT2D eigenvalue weighted by Crippen LogP contribution is 2.40. The molecule has 4 atom stereocenters. The summed E-state index contributed by atoms with van der Waals surface area (Å²) >= 11 is 0. The molecule has 2 aromatic rings. The van der Waals surface area contributed by atoms with Crippen molar-refractivity contribution in [3.63, 3.8) is 0 Å². The Bertz CT molecular complexity index is 715. The molecule has 1 saturated heterocycles. The Balaban J connectivity index is 2.24. The monoisotopic (exact) mass is 309 g/mol. The molecule has 3 rings (SSSR count). The lowest BCUT2D eigenvalue weighted by Crippen LogP contribution is -2.51. The van der Waals surface area contributed by atoms with Crippen molar-refractivity contribution >= 4 is 5.82 Å². The second kappa shape index (κ2) is 5.21. The van der Waals surface area contributed by atoms with Gasteiger partial charge in [-0.3, -0.25) is 4.57 Å². The number of aliphatic hydroxyl groups excluding tert-OH is 3. The first-order chi connectivity index (χ1) is 10.5. The largest absolute Gasteiger partial charge is 0.464 e. The van der Waals surface area contributed by atoms with Gasteiger partial charge in [0.05, 0.1) is 12.9 Å². The number of aliphatic hydroxyl groups is 3. The normalized spacial score (nSPS) is 31.5. The average molecular weight is 309 g/mol. The van der Waals surface area contributed by atoms with E-state index < -0.39 is 36.3 Å². The molecule has 1 aliphatic rings. The first kappa shape index (κ1) is 14.7. The second-order valence-electron chi connectivity index (χ2n) is 4.95. The molecule has 0 saturated carbocycles. The summed E-state index contributed by atoms with van der Waals surface area (Å²) in [6.07, 6.45) is -1.45. The van der Waals surface area contributed by atoms with Crippen molar-refractivity contribution in [1.29, 1.82) is 0 Å². The molecule has 0 spiro atoms. The quantitative estimate of drug-likeness (QED) is 0.521. The molecule has 0 aromatic carbocycles. The van der Waals surface area contributed by atoms with E-state index in [1.54, 1.807) is 6.07 Å². The van der Waals surface area contributed by atoms with Crippen molar-refractivity contribution in [3.8, 4) is 0 Å². The van der Waals surface area contributed by atoms with Crippen LogP contribution in [0.5, 0.6) is 0 Å². The summed E-state index contributed by atoms with van der Waals surface area (Å²) in [5, 5.41) is 29.8. The van der Waals surface area contributed by atoms with Gasteiger partial charge in [0.25, 0.3) is 0 Å². The molecule has 2 aromatic heterocycles. The molecule has 0 radical (unpaired) electrons. The van der Waals surface area contributed by atoms with Crippen LogP contribution in [-0.2, 0) is 10.5 Å². The van der Waals surface area contributed by atoms with Crippen LogP contribution in [0.25, 0.3) is 0 Å². The zero-order chi connectivity index (χ0) is 15.9. The predicted molar refractivity (Wildman–Crippen MR) is 72.7 cm³/mol. The van der Waals surface area contributed by atoms with Crippen LogP contribution in [0.4, 0.5) is 5.82 Å². The van der Waals surface area contributed by atoms with Crippen molar-refractivity contribution in [1.82, 2.24) is 9.55 Å². The number of hydrogen-bond donors (Lipinski definition) is 4. The van der Waals surface area contributed by atoms with Crippen molar-refractivity contribution in [2.45, 2.75) is 24.0 Å². The summed E-state index contributed by atoms with van der Waals surface area (Å²) in [5.41, 5.74) is 2.83. The van der Waals surface area contributed by atoms with Crippen LogP contribution in [0, 0.1) is 0 Å². The highest BCUT2D eigenvalue weighted by molar-refractivity contribution is 5.26. The molecule has 22 heavy (non-hydrogen) atoms. The number of furan rings is 1. The average Bonchev–Trinajstić information content (AvgIpc) is 3.10. The van der Waals surface area contributed by atoms with E-state index in [1.165, 1.54) is 24.6 Å². The minimum atomic E-state index is -1.84. The van der Waals surface area contributed by atoms with Gasteiger partial charge in [0, 0.05) is 6.20 Å². The van der Waals surface area contributed by atoms with Crippen molar-refractivity contribution in [2.24, 2.45) is 0 Å². The van der Waals surface area contributed by atoms with Gasteiger partial charge in [-0.1, -0.05) is 0 Å². The van der Waals surface area contributed by atoms with E-state index in [0.717, 1.165) is 4.57 Å². The minimum absolute atomic E-state index is 0.00240. The number of ether oxygens (including phenoxy) is 1. The number of hydrogen-bond acceptors (Lipinski definition) is 8. The lowest BCUT2D eigenvalue weighted by molar-refractivity contribution is -0.131. The second-order valence-corrected chi connectivity index (χ2v) is 4.95. The van der Waals surface area contributed by atoms with Gasteiger partial charge in [-0.15, -0.1) is 0 Å². The van der Waals surface area contributed by atoms with Crippen LogP contribution in [0.15, 0.2) is 39.9 Å². The molecule has 0 amide bonds. The van der Waals surface area contributed by atoms with Gasteiger partial charge in [-0.05, 0) is 18.2 Å². The Hall–Kier alpha value is -2.20. The van der Waals surface area contributed by atoms with Gasteiger partial charge in [0.15, 0.2) is 5.76 Å². The summed E-state index contributed by atoms with van der Waals surface area (Å²) in [4.78, 5) is 15.8. The van der Waals surface area contributed by atoms with E-state index in [0.29, 0.717) is 0 Å². The fourth-order valence-electron chi connectivity index (χ4n) is 2.62. The topological polar surface area (TPSA) is 144 Å². The Kier molecular flexibility index (Phi) is 3.49. The van der Waals surface area contributed by atoms with E-state index in [9.17, 15) is 20.1 Å². The number of rotatable bonds is 3. The molecule has 0 unspecified atom stereocenters. The minimum Gasteiger partial charge on any atom is -0.464 e. The van der Waals surface area contributed by atoms with E-state index in [4.69, 9.17) is 14.9 Å². The Labute approximate surface area is 124 Å². The molecule has 9 heteroatoms. The molecule has 5 N–H and O–H groups in total. The smallest absolute Gasteiger partial charge is 0.352 e. The molecule has 0 aliphatic carbocycles. The van der Waals surface area contributed by atoms with E-state index >= 15 is 0 Å². The summed E-state index contributed by atoms with van der Waals surface area (Å²) in [6, 6.07) is 4.38. The van der Waals surface area contributed by atoms with Gasteiger partial charge in [-0.25, -0.2) is 4.79 Å². The number of nitrogens with zero attached hydrogens (tertiary/aromatic N) is 2. The van der Waals surface area contributed by atoms with Crippen molar-refractivity contribution < 1.29 is 24.5 Å². The highest BCUT2D eigenvalue weighted by Gasteiger charge is 2.58. The van der Waals surface area contributed by atoms with Gasteiger partial charge in [0.2, 0.25) is 5.72 Å². The van der Waals surface area contributed by atoms with Crippen LogP contribution in [0.3, 0.4) is 0 Å². The van der Waals surface area contributed by atoms with E-state index in [2.05, 4.69) is 4.98 Å². The molecular formula is C13H15N3O6. The van der Waals surface area contributed by atoms with Gasteiger partial charge in [-0.2, -0.15) is 4.98 Å². The maximum absolute atomic E-state index is 12.2. The third-order valence-corrected chi connectivity index (χ3v) is 3.67. The summed E-state index contributed by atoms with van der Waals surface area (Å²) in [5.74, 6) is 0.0891. The Morgan fingerprint density at radius 1 is 1.41 bits per heavy atom. The zero-order valence-corrected chi connectivity index (χ0v) is 11.4. The van der Waals surface area contributed by atoms with Crippen LogP contribution in [0.2, 0.25) is 0 Å². The maximum Gasteiger partial charge on any atom is 0.352 e. The fraction of sp³-hybridized carbons (Fsp3) is 0.385. The zero-order valence-electron chi connectivity index (χ0n) is 11.4.